The number of morpholine rings is 1. The number of carbonyl (C=O) groups excluding carboxylic acids is 1. The number of rotatable bonds is 10. The van der Waals surface area contributed by atoms with Gasteiger partial charge in [-0.2, -0.15) is 0 Å². The van der Waals surface area contributed by atoms with Crippen LogP contribution < -0.4 is 13.9 Å². The number of sulfonamides is 1. The smallest absolute Gasteiger partial charge is 0.264 e. The standard InChI is InChI=1S/C31H34N4O5S2/c1-2-40-27-9-5-10-28-29(27)32-31(41-28)34(17-6-16-33-19-21-39-22-20-33)30(36)24-11-13-25(14-12-24)42(37,38)35-18-15-23-7-3-4-8-26(23)35/h3-5,7-14H,2,6,15-22H2,1H3. The monoisotopic (exact) mass is 606 g/mol. The summed E-state index contributed by atoms with van der Waals surface area (Å²) in [4.78, 5) is 23.0. The van der Waals surface area contributed by atoms with Crippen molar-refractivity contribution in [1.82, 2.24) is 9.88 Å². The van der Waals surface area contributed by atoms with E-state index < -0.39 is 10.0 Å². The van der Waals surface area contributed by atoms with Crippen molar-refractivity contribution in [3.63, 3.8) is 0 Å². The summed E-state index contributed by atoms with van der Waals surface area (Å²) in [6.07, 6.45) is 1.44. The molecular formula is C31H34N4O5S2. The number of ether oxygens (including phenoxy) is 2. The predicted octanol–water partition coefficient (Wildman–Crippen LogP) is 4.82. The summed E-state index contributed by atoms with van der Waals surface area (Å²) in [5, 5.41) is 0.592. The molecule has 6 rings (SSSR count). The maximum Gasteiger partial charge on any atom is 0.264 e. The van der Waals surface area contributed by atoms with Gasteiger partial charge in [0.25, 0.3) is 15.9 Å². The first-order valence-corrected chi connectivity index (χ1v) is 16.6. The molecule has 2 aliphatic rings. The minimum Gasteiger partial charge on any atom is -0.492 e. The Morgan fingerprint density at radius 1 is 1.02 bits per heavy atom. The normalized spacial score (nSPS) is 15.6. The summed E-state index contributed by atoms with van der Waals surface area (Å²) in [7, 11) is -3.75. The first-order valence-electron chi connectivity index (χ1n) is 14.3. The van der Waals surface area contributed by atoms with Crippen LogP contribution in [0, 0.1) is 0 Å². The number of carbonyl (C=O) groups is 1. The molecule has 0 aliphatic carbocycles. The molecule has 3 aromatic carbocycles. The number of amides is 1. The van der Waals surface area contributed by atoms with Gasteiger partial charge in [-0.25, -0.2) is 13.4 Å². The Morgan fingerprint density at radius 2 is 1.81 bits per heavy atom. The van der Waals surface area contributed by atoms with Gasteiger partial charge in [0, 0.05) is 38.3 Å². The van der Waals surface area contributed by atoms with Crippen LogP contribution in [0.1, 0.15) is 29.3 Å². The molecular weight excluding hydrogens is 572 g/mol. The molecule has 1 fully saturated rings. The molecule has 9 nitrogen and oxygen atoms in total. The number of thiazole rings is 1. The Morgan fingerprint density at radius 3 is 2.60 bits per heavy atom. The molecule has 2 aliphatic heterocycles. The van der Waals surface area contributed by atoms with Gasteiger partial charge < -0.3 is 9.47 Å². The average Bonchev–Trinajstić information content (AvgIpc) is 3.66. The molecule has 1 saturated heterocycles. The fourth-order valence-corrected chi connectivity index (χ4v) is 7.98. The van der Waals surface area contributed by atoms with Gasteiger partial charge in [-0.1, -0.05) is 35.6 Å². The van der Waals surface area contributed by atoms with Crippen LogP contribution in [0.15, 0.2) is 71.6 Å². The van der Waals surface area contributed by atoms with E-state index in [-0.39, 0.29) is 10.8 Å². The van der Waals surface area contributed by atoms with E-state index in [0.717, 1.165) is 55.0 Å². The molecule has 3 heterocycles. The van der Waals surface area contributed by atoms with Crippen LogP contribution in [0.3, 0.4) is 0 Å². The highest BCUT2D eigenvalue weighted by atomic mass is 32.2. The summed E-state index contributed by atoms with van der Waals surface area (Å²) in [5.41, 5.74) is 2.87. The fraction of sp³-hybridized carbons (Fsp3) is 0.355. The number of anilines is 2. The summed E-state index contributed by atoms with van der Waals surface area (Å²) < 4.78 is 40.7. The lowest BCUT2D eigenvalue weighted by atomic mass is 10.2. The molecule has 220 valence electrons. The van der Waals surface area contributed by atoms with Gasteiger partial charge in [-0.15, -0.1) is 0 Å². The minimum atomic E-state index is -3.75. The predicted molar refractivity (Wildman–Crippen MR) is 165 cm³/mol. The third kappa shape index (κ3) is 5.74. The van der Waals surface area contributed by atoms with E-state index in [9.17, 15) is 13.2 Å². The molecule has 1 aromatic heterocycles. The molecule has 0 N–H and O–H groups in total. The van der Waals surface area contributed by atoms with Crippen molar-refractivity contribution >= 4 is 48.3 Å². The van der Waals surface area contributed by atoms with E-state index in [0.29, 0.717) is 48.2 Å². The van der Waals surface area contributed by atoms with Gasteiger partial charge in [-0.3, -0.25) is 18.9 Å². The van der Waals surface area contributed by atoms with Crippen LogP contribution in [0.5, 0.6) is 5.75 Å². The Kier molecular flexibility index (Phi) is 8.43. The van der Waals surface area contributed by atoms with Crippen molar-refractivity contribution in [2.45, 2.75) is 24.7 Å². The lowest BCUT2D eigenvalue weighted by Crippen LogP contribution is -2.39. The van der Waals surface area contributed by atoms with E-state index in [2.05, 4.69) is 4.90 Å². The molecule has 0 saturated carbocycles. The fourth-order valence-electron chi connectivity index (χ4n) is 5.47. The third-order valence-corrected chi connectivity index (χ3v) is 10.5. The Balaban J connectivity index is 1.26. The minimum absolute atomic E-state index is 0.163. The van der Waals surface area contributed by atoms with E-state index in [1.165, 1.54) is 27.8 Å². The zero-order valence-electron chi connectivity index (χ0n) is 23.6. The number of hydrogen-bond donors (Lipinski definition) is 0. The largest absolute Gasteiger partial charge is 0.492 e. The Bertz CT molecular complexity index is 1670. The molecule has 42 heavy (non-hydrogen) atoms. The van der Waals surface area contributed by atoms with Gasteiger partial charge in [-0.05, 0) is 67.8 Å². The van der Waals surface area contributed by atoms with Gasteiger partial charge >= 0.3 is 0 Å². The van der Waals surface area contributed by atoms with Gasteiger partial charge in [0.15, 0.2) is 5.13 Å². The number of nitrogens with zero attached hydrogens (tertiary/aromatic N) is 4. The van der Waals surface area contributed by atoms with Gasteiger partial charge in [0.05, 0.1) is 35.1 Å². The van der Waals surface area contributed by atoms with Crippen LogP contribution in [0.2, 0.25) is 0 Å². The molecule has 0 unspecified atom stereocenters. The second kappa shape index (κ2) is 12.4. The highest BCUT2D eigenvalue weighted by molar-refractivity contribution is 7.92. The number of hydrogen-bond acceptors (Lipinski definition) is 8. The highest BCUT2D eigenvalue weighted by Crippen LogP contribution is 2.36. The van der Waals surface area contributed by atoms with E-state index in [1.807, 2.05) is 49.4 Å². The third-order valence-electron chi connectivity index (χ3n) is 7.64. The molecule has 0 radical (unpaired) electrons. The summed E-state index contributed by atoms with van der Waals surface area (Å²) in [6.45, 7) is 7.38. The second-order valence-electron chi connectivity index (χ2n) is 10.3. The zero-order valence-corrected chi connectivity index (χ0v) is 25.2. The number of fused-ring (bicyclic) bond motifs is 2. The van der Waals surface area contributed by atoms with Crippen molar-refractivity contribution in [2.75, 3.05) is 61.7 Å². The summed E-state index contributed by atoms with van der Waals surface area (Å²) >= 11 is 1.45. The van der Waals surface area contributed by atoms with Crippen molar-refractivity contribution < 1.29 is 22.7 Å². The highest BCUT2D eigenvalue weighted by Gasteiger charge is 2.31. The van der Waals surface area contributed by atoms with Crippen LogP contribution in [-0.2, 0) is 21.2 Å². The maximum absolute atomic E-state index is 14.0. The molecule has 0 bridgehead atoms. The average molecular weight is 607 g/mol. The first kappa shape index (κ1) is 28.6. The SMILES string of the molecule is CCOc1cccc2sc(N(CCCN3CCOCC3)C(=O)c3ccc(S(=O)(=O)N4CCc5ccccc54)cc3)nc12. The first-order chi connectivity index (χ1) is 20.5. The van der Waals surface area contributed by atoms with Crippen molar-refractivity contribution in [3.05, 3.63) is 77.9 Å². The molecule has 1 amide bonds. The second-order valence-corrected chi connectivity index (χ2v) is 13.1. The van der Waals surface area contributed by atoms with E-state index >= 15 is 0 Å². The lowest BCUT2D eigenvalue weighted by Gasteiger charge is -2.27. The maximum atomic E-state index is 14.0. The number of aromatic nitrogens is 1. The topological polar surface area (TPSA) is 92.3 Å². The quantitative estimate of drug-likeness (QED) is 0.256. The van der Waals surface area contributed by atoms with Crippen LogP contribution in [-0.4, -0.2) is 76.8 Å². The van der Waals surface area contributed by atoms with Crippen LogP contribution >= 0.6 is 11.3 Å². The molecule has 0 atom stereocenters. The van der Waals surface area contributed by atoms with Crippen molar-refractivity contribution in [1.29, 1.82) is 0 Å². The van der Waals surface area contributed by atoms with Crippen LogP contribution in [0.25, 0.3) is 10.2 Å². The number of para-hydroxylation sites is 2. The summed E-state index contributed by atoms with van der Waals surface area (Å²) in [5.74, 6) is 0.473. The molecule has 0 spiro atoms. The van der Waals surface area contributed by atoms with Gasteiger partial charge in [0.2, 0.25) is 0 Å². The van der Waals surface area contributed by atoms with E-state index in [4.69, 9.17) is 14.5 Å². The zero-order chi connectivity index (χ0) is 29.1. The van der Waals surface area contributed by atoms with Crippen LogP contribution in [0.4, 0.5) is 10.8 Å². The number of benzene rings is 3. The summed E-state index contributed by atoms with van der Waals surface area (Å²) in [6, 6.07) is 19.6. The van der Waals surface area contributed by atoms with Crippen molar-refractivity contribution in [2.24, 2.45) is 0 Å². The molecule has 11 heteroatoms. The molecule has 4 aromatic rings. The Labute approximate surface area is 250 Å². The lowest BCUT2D eigenvalue weighted by molar-refractivity contribution is 0.0376. The Hall–Kier alpha value is -3.51. The van der Waals surface area contributed by atoms with E-state index in [1.54, 1.807) is 17.0 Å². The van der Waals surface area contributed by atoms with Gasteiger partial charge in [0.1, 0.15) is 11.3 Å². The van der Waals surface area contributed by atoms with Crippen molar-refractivity contribution in [3.8, 4) is 5.75 Å².